The van der Waals surface area contributed by atoms with Gasteiger partial charge in [0.15, 0.2) is 5.16 Å². The smallest absolute Gasteiger partial charge is 0.173 e. The number of benzene rings is 1. The number of imidazole rings is 1. The Hall–Kier alpha value is -1.48. The number of nitrogens with zero attached hydrogens (tertiary/aromatic N) is 2. The largest absolute Gasteiger partial charge is 0.322 e. The second-order valence-electron chi connectivity index (χ2n) is 3.14. The van der Waals surface area contributed by atoms with Crippen LogP contribution in [0.5, 0.6) is 0 Å². The lowest BCUT2D eigenvalue weighted by atomic mass is 10.4. The van der Waals surface area contributed by atoms with Crippen LogP contribution < -0.4 is 0 Å². The van der Waals surface area contributed by atoms with Gasteiger partial charge >= 0.3 is 0 Å². The van der Waals surface area contributed by atoms with Gasteiger partial charge in [-0.15, -0.1) is 0 Å². The number of rotatable bonds is 3. The Morgan fingerprint density at radius 1 is 1.33 bits per heavy atom. The lowest BCUT2D eigenvalue weighted by Crippen LogP contribution is -1.92. The quantitative estimate of drug-likeness (QED) is 0.784. The molecule has 0 amide bonds. The molecule has 15 heavy (non-hydrogen) atoms. The van der Waals surface area contributed by atoms with Crippen LogP contribution in [0.25, 0.3) is 6.08 Å². The summed E-state index contributed by atoms with van der Waals surface area (Å²) in [6.07, 6.45) is 3.64. The first-order valence-corrected chi connectivity index (χ1v) is 5.50. The van der Waals surface area contributed by atoms with Crippen molar-refractivity contribution in [2.24, 2.45) is 7.05 Å². The Balaban J connectivity index is 2.25. The van der Waals surface area contributed by atoms with E-state index in [2.05, 4.69) is 23.7 Å². The van der Waals surface area contributed by atoms with Gasteiger partial charge in [0.05, 0.1) is 11.9 Å². The molecule has 0 saturated carbocycles. The van der Waals surface area contributed by atoms with Crippen molar-refractivity contribution in [2.45, 2.75) is 10.1 Å². The van der Waals surface area contributed by atoms with Crippen molar-refractivity contribution in [3.8, 4) is 0 Å². The van der Waals surface area contributed by atoms with E-state index in [9.17, 15) is 0 Å². The van der Waals surface area contributed by atoms with Gasteiger partial charge in [-0.2, -0.15) is 0 Å². The minimum atomic E-state index is 0.983. The maximum Gasteiger partial charge on any atom is 0.173 e. The second-order valence-corrected chi connectivity index (χ2v) is 4.18. The monoisotopic (exact) mass is 216 g/mol. The maximum atomic E-state index is 4.34. The molecule has 0 aliphatic rings. The van der Waals surface area contributed by atoms with Crippen molar-refractivity contribution in [2.75, 3.05) is 0 Å². The Bertz CT molecular complexity index is 460. The highest BCUT2D eigenvalue weighted by Crippen LogP contribution is 2.26. The van der Waals surface area contributed by atoms with Gasteiger partial charge in [-0.05, 0) is 18.2 Å². The van der Waals surface area contributed by atoms with Crippen LogP contribution in [0.3, 0.4) is 0 Å². The molecule has 1 aromatic heterocycles. The average molecular weight is 216 g/mol. The zero-order valence-corrected chi connectivity index (χ0v) is 9.37. The predicted octanol–water partition coefficient (Wildman–Crippen LogP) is 3.21. The van der Waals surface area contributed by atoms with Gasteiger partial charge in [0.25, 0.3) is 0 Å². The molecular formula is C12H12N2S. The van der Waals surface area contributed by atoms with Gasteiger partial charge in [-0.1, -0.05) is 36.5 Å². The van der Waals surface area contributed by atoms with Crippen LogP contribution in [0, 0.1) is 0 Å². The van der Waals surface area contributed by atoms with E-state index < -0.39 is 0 Å². The van der Waals surface area contributed by atoms with Crippen LogP contribution >= 0.6 is 11.8 Å². The normalized spacial score (nSPS) is 10.2. The molecule has 2 rings (SSSR count). The van der Waals surface area contributed by atoms with E-state index in [1.165, 1.54) is 4.90 Å². The average Bonchev–Trinajstić information content (AvgIpc) is 2.62. The van der Waals surface area contributed by atoms with Crippen LogP contribution in [-0.4, -0.2) is 9.55 Å². The molecule has 0 N–H and O–H groups in total. The van der Waals surface area contributed by atoms with Gasteiger partial charge in [-0.25, -0.2) is 4.98 Å². The molecule has 0 bridgehead atoms. The minimum absolute atomic E-state index is 0.983. The highest BCUT2D eigenvalue weighted by Gasteiger charge is 2.04. The molecule has 0 radical (unpaired) electrons. The molecule has 0 spiro atoms. The van der Waals surface area contributed by atoms with Crippen molar-refractivity contribution in [1.29, 1.82) is 0 Å². The summed E-state index contributed by atoms with van der Waals surface area (Å²) in [5.74, 6) is 0. The zero-order chi connectivity index (χ0) is 10.7. The first kappa shape index (κ1) is 10.1. The summed E-state index contributed by atoms with van der Waals surface area (Å²) in [5, 5.41) is 0.983. The molecule has 1 aromatic carbocycles. The fourth-order valence-corrected chi connectivity index (χ4v) is 2.14. The molecule has 2 aromatic rings. The fourth-order valence-electron chi connectivity index (χ4n) is 1.28. The summed E-state index contributed by atoms with van der Waals surface area (Å²) in [5.41, 5.74) is 1.04. The Kier molecular flexibility index (Phi) is 2.92. The fraction of sp³-hybridized carbons (Fsp3) is 0.0833. The second kappa shape index (κ2) is 4.36. The molecule has 0 atom stereocenters. The van der Waals surface area contributed by atoms with E-state index in [0.29, 0.717) is 0 Å². The van der Waals surface area contributed by atoms with Crippen LogP contribution in [0.4, 0.5) is 0 Å². The Morgan fingerprint density at radius 3 is 2.67 bits per heavy atom. The Morgan fingerprint density at radius 2 is 2.07 bits per heavy atom. The Labute approximate surface area is 93.7 Å². The van der Waals surface area contributed by atoms with Gasteiger partial charge in [0, 0.05) is 11.9 Å². The molecule has 1 heterocycles. The third-order valence-corrected chi connectivity index (χ3v) is 3.21. The van der Waals surface area contributed by atoms with Gasteiger partial charge in [-0.3, -0.25) is 0 Å². The summed E-state index contributed by atoms with van der Waals surface area (Å²) in [6, 6.07) is 10.2. The highest BCUT2D eigenvalue weighted by atomic mass is 32.2. The lowest BCUT2D eigenvalue weighted by Gasteiger charge is -2.02. The van der Waals surface area contributed by atoms with E-state index in [4.69, 9.17) is 0 Å². The van der Waals surface area contributed by atoms with Crippen molar-refractivity contribution in [1.82, 2.24) is 9.55 Å². The molecule has 0 saturated heterocycles. The van der Waals surface area contributed by atoms with Gasteiger partial charge in [0.1, 0.15) is 0 Å². The van der Waals surface area contributed by atoms with Gasteiger partial charge in [0.2, 0.25) is 0 Å². The molecule has 76 valence electrons. The first-order valence-electron chi connectivity index (χ1n) is 4.68. The lowest BCUT2D eigenvalue weighted by molar-refractivity contribution is 0.783. The molecule has 2 nitrogen and oxygen atoms in total. The predicted molar refractivity (Wildman–Crippen MR) is 63.9 cm³/mol. The molecule has 0 fully saturated rings. The van der Waals surface area contributed by atoms with E-state index in [-0.39, 0.29) is 0 Å². The highest BCUT2D eigenvalue weighted by molar-refractivity contribution is 7.99. The van der Waals surface area contributed by atoms with Crippen molar-refractivity contribution in [3.05, 3.63) is 48.8 Å². The summed E-state index contributed by atoms with van der Waals surface area (Å²) in [4.78, 5) is 5.53. The number of aromatic nitrogens is 2. The summed E-state index contributed by atoms with van der Waals surface area (Å²) < 4.78 is 2.03. The topological polar surface area (TPSA) is 17.8 Å². The third kappa shape index (κ3) is 2.13. The molecular weight excluding hydrogens is 204 g/mol. The van der Waals surface area contributed by atoms with Crippen LogP contribution in [0.15, 0.2) is 53.2 Å². The number of hydrogen-bond acceptors (Lipinski definition) is 2. The summed E-state index contributed by atoms with van der Waals surface area (Å²) in [6.45, 7) is 3.74. The van der Waals surface area contributed by atoms with Crippen molar-refractivity contribution >= 4 is 17.8 Å². The molecule has 0 unspecified atom stereocenters. The van der Waals surface area contributed by atoms with Gasteiger partial charge < -0.3 is 4.57 Å². The maximum absolute atomic E-state index is 4.34. The van der Waals surface area contributed by atoms with Crippen LogP contribution in [0.1, 0.15) is 5.69 Å². The van der Waals surface area contributed by atoms with E-state index in [1.807, 2.05) is 42.1 Å². The van der Waals surface area contributed by atoms with E-state index in [0.717, 1.165) is 10.9 Å². The minimum Gasteiger partial charge on any atom is -0.322 e. The first-order chi connectivity index (χ1) is 7.31. The summed E-state index contributed by atoms with van der Waals surface area (Å²) >= 11 is 1.65. The molecule has 0 aliphatic heterocycles. The zero-order valence-electron chi connectivity index (χ0n) is 8.55. The van der Waals surface area contributed by atoms with Crippen LogP contribution in [-0.2, 0) is 7.05 Å². The molecule has 0 aliphatic carbocycles. The van der Waals surface area contributed by atoms with Crippen molar-refractivity contribution in [3.63, 3.8) is 0 Å². The van der Waals surface area contributed by atoms with E-state index in [1.54, 1.807) is 11.8 Å². The van der Waals surface area contributed by atoms with Crippen molar-refractivity contribution < 1.29 is 0 Å². The molecule has 3 heteroatoms. The third-order valence-electron chi connectivity index (χ3n) is 2.14. The SMILES string of the molecule is C=Cc1cnc(Sc2ccccc2)n1C. The van der Waals surface area contributed by atoms with E-state index >= 15 is 0 Å². The number of hydrogen-bond donors (Lipinski definition) is 0. The summed E-state index contributed by atoms with van der Waals surface area (Å²) in [7, 11) is 2.00. The standard InChI is InChI=1S/C12H12N2S/c1-3-10-9-13-12(14(10)2)15-11-7-5-4-6-8-11/h3-9H,1H2,2H3. The van der Waals surface area contributed by atoms with Crippen LogP contribution in [0.2, 0.25) is 0 Å².